The molecular weight excluding hydrogens is 304 g/mol. The van der Waals surface area contributed by atoms with E-state index in [4.69, 9.17) is 0 Å². The molecular formula is C18H20N4O2. The fraction of sp³-hybridized carbons (Fsp3) is 0.222. The summed E-state index contributed by atoms with van der Waals surface area (Å²) < 4.78 is 0. The molecule has 0 saturated heterocycles. The second kappa shape index (κ2) is 9.19. The highest BCUT2D eigenvalue weighted by Gasteiger charge is 2.06. The molecule has 0 saturated carbocycles. The molecule has 2 heterocycles. The minimum absolute atomic E-state index is 0.162. The van der Waals surface area contributed by atoms with E-state index in [0.717, 1.165) is 24.2 Å². The molecule has 0 radical (unpaired) electrons. The molecule has 6 heteroatoms. The van der Waals surface area contributed by atoms with Crippen LogP contribution in [0, 0.1) is 0 Å². The van der Waals surface area contributed by atoms with Crippen molar-refractivity contribution >= 4 is 11.8 Å². The first-order valence-corrected chi connectivity index (χ1v) is 7.76. The quantitative estimate of drug-likeness (QED) is 0.574. The Kier molecular flexibility index (Phi) is 6.64. The highest BCUT2D eigenvalue weighted by Crippen LogP contribution is 2.13. The van der Waals surface area contributed by atoms with Gasteiger partial charge >= 0.3 is 0 Å². The molecule has 2 aromatic rings. The Balaban J connectivity index is 1.75. The van der Waals surface area contributed by atoms with Crippen molar-refractivity contribution in [1.29, 1.82) is 0 Å². The number of hydrogen-bond donors (Lipinski definition) is 2. The number of nitrogens with one attached hydrogen (secondary N) is 2. The smallest absolute Gasteiger partial charge is 0.252 e. The molecule has 2 amide bonds. The third kappa shape index (κ3) is 5.31. The van der Waals surface area contributed by atoms with Crippen LogP contribution < -0.4 is 10.6 Å². The van der Waals surface area contributed by atoms with Crippen LogP contribution in [0.5, 0.6) is 0 Å². The molecule has 0 aliphatic carbocycles. The molecule has 0 spiro atoms. The van der Waals surface area contributed by atoms with Crippen molar-refractivity contribution in [3.8, 4) is 11.4 Å². The summed E-state index contributed by atoms with van der Waals surface area (Å²) >= 11 is 0. The van der Waals surface area contributed by atoms with Crippen LogP contribution in [0.1, 0.15) is 23.2 Å². The largest absolute Gasteiger partial charge is 0.353 e. The first kappa shape index (κ1) is 17.3. The zero-order chi connectivity index (χ0) is 17.2. The summed E-state index contributed by atoms with van der Waals surface area (Å²) in [5.41, 5.74) is 2.01. The van der Waals surface area contributed by atoms with E-state index in [1.54, 1.807) is 24.5 Å². The lowest BCUT2D eigenvalue weighted by atomic mass is 10.2. The van der Waals surface area contributed by atoms with Gasteiger partial charge in [0.05, 0.1) is 17.0 Å². The number of aromatic nitrogens is 2. The van der Waals surface area contributed by atoms with E-state index in [1.165, 1.54) is 6.08 Å². The summed E-state index contributed by atoms with van der Waals surface area (Å²) in [6.45, 7) is 4.50. The molecule has 0 aliphatic rings. The van der Waals surface area contributed by atoms with Crippen LogP contribution >= 0.6 is 0 Å². The Morgan fingerprint density at radius 2 is 1.75 bits per heavy atom. The normalized spacial score (nSPS) is 10.0. The van der Waals surface area contributed by atoms with Crippen molar-refractivity contribution in [2.45, 2.75) is 12.8 Å². The van der Waals surface area contributed by atoms with Crippen LogP contribution in [-0.4, -0.2) is 34.9 Å². The Labute approximate surface area is 141 Å². The topological polar surface area (TPSA) is 84.0 Å². The van der Waals surface area contributed by atoms with Crippen molar-refractivity contribution in [1.82, 2.24) is 20.6 Å². The summed E-state index contributed by atoms with van der Waals surface area (Å²) in [5, 5.41) is 5.52. The van der Waals surface area contributed by atoms with Crippen molar-refractivity contribution < 1.29 is 9.59 Å². The highest BCUT2D eigenvalue weighted by atomic mass is 16.2. The van der Waals surface area contributed by atoms with Gasteiger partial charge in [-0.3, -0.25) is 19.6 Å². The van der Waals surface area contributed by atoms with Gasteiger partial charge in [0.25, 0.3) is 5.91 Å². The Hall–Kier alpha value is -3.02. The zero-order valence-corrected chi connectivity index (χ0v) is 13.4. The Morgan fingerprint density at radius 3 is 2.38 bits per heavy atom. The molecule has 0 aliphatic heterocycles. The summed E-state index contributed by atoms with van der Waals surface area (Å²) in [6, 6.07) is 9.11. The lowest BCUT2D eigenvalue weighted by molar-refractivity contribution is -0.116. The zero-order valence-electron chi connectivity index (χ0n) is 13.4. The molecule has 2 aromatic heterocycles. The van der Waals surface area contributed by atoms with Gasteiger partial charge in [-0.05, 0) is 43.2 Å². The summed E-state index contributed by atoms with van der Waals surface area (Å²) in [4.78, 5) is 31.5. The maximum atomic E-state index is 12.0. The first-order valence-electron chi connectivity index (χ1n) is 7.76. The molecule has 24 heavy (non-hydrogen) atoms. The number of rotatable bonds is 8. The van der Waals surface area contributed by atoms with Crippen LogP contribution in [0.3, 0.4) is 0 Å². The second-order valence-corrected chi connectivity index (χ2v) is 5.11. The van der Waals surface area contributed by atoms with E-state index >= 15 is 0 Å². The molecule has 0 aromatic carbocycles. The fourth-order valence-corrected chi connectivity index (χ4v) is 2.03. The Bertz CT molecular complexity index is 684. The first-order chi connectivity index (χ1) is 11.7. The van der Waals surface area contributed by atoms with E-state index < -0.39 is 0 Å². The molecule has 0 unspecified atom stereocenters. The van der Waals surface area contributed by atoms with Gasteiger partial charge in [-0.1, -0.05) is 12.6 Å². The maximum absolute atomic E-state index is 12.0. The minimum Gasteiger partial charge on any atom is -0.353 e. The maximum Gasteiger partial charge on any atom is 0.252 e. The van der Waals surface area contributed by atoms with Crippen molar-refractivity contribution in [3.05, 3.63) is 60.9 Å². The number of pyridine rings is 2. The number of unbranched alkanes of at least 4 members (excludes halogenated alkanes) is 1. The van der Waals surface area contributed by atoms with E-state index in [1.807, 2.05) is 18.2 Å². The van der Waals surface area contributed by atoms with Crippen LogP contribution in [0.25, 0.3) is 11.4 Å². The highest BCUT2D eigenvalue weighted by molar-refractivity contribution is 5.94. The lowest BCUT2D eigenvalue weighted by Gasteiger charge is -2.06. The van der Waals surface area contributed by atoms with Crippen LogP contribution in [-0.2, 0) is 4.79 Å². The average molecular weight is 324 g/mol. The van der Waals surface area contributed by atoms with Crippen molar-refractivity contribution in [2.75, 3.05) is 13.1 Å². The molecule has 2 rings (SSSR count). The summed E-state index contributed by atoms with van der Waals surface area (Å²) in [6.07, 6.45) is 6.06. The van der Waals surface area contributed by atoms with E-state index in [-0.39, 0.29) is 11.8 Å². The van der Waals surface area contributed by atoms with E-state index in [0.29, 0.717) is 18.7 Å². The van der Waals surface area contributed by atoms with Gasteiger partial charge in [-0.25, -0.2) is 0 Å². The van der Waals surface area contributed by atoms with Gasteiger partial charge in [0, 0.05) is 25.5 Å². The molecule has 0 fully saturated rings. The molecule has 2 N–H and O–H groups in total. The van der Waals surface area contributed by atoms with Crippen LogP contribution in [0.4, 0.5) is 0 Å². The SMILES string of the molecule is C=CC(=O)NCCCCNC(=O)c1ccc(-c2ccccn2)nc1. The number of nitrogens with zero attached hydrogens (tertiary/aromatic N) is 2. The Morgan fingerprint density at radius 1 is 1.00 bits per heavy atom. The molecule has 124 valence electrons. The molecule has 6 nitrogen and oxygen atoms in total. The van der Waals surface area contributed by atoms with Gasteiger partial charge in [0.2, 0.25) is 5.91 Å². The van der Waals surface area contributed by atoms with Gasteiger partial charge in [0.1, 0.15) is 0 Å². The minimum atomic E-state index is -0.182. The number of carbonyl (C=O) groups excluding carboxylic acids is 2. The number of hydrogen-bond acceptors (Lipinski definition) is 4. The van der Waals surface area contributed by atoms with E-state index in [2.05, 4.69) is 27.2 Å². The van der Waals surface area contributed by atoms with E-state index in [9.17, 15) is 9.59 Å². The molecule has 0 bridgehead atoms. The summed E-state index contributed by atoms with van der Waals surface area (Å²) in [5.74, 6) is -0.344. The number of carbonyl (C=O) groups is 2. The summed E-state index contributed by atoms with van der Waals surface area (Å²) in [7, 11) is 0. The van der Waals surface area contributed by atoms with Crippen molar-refractivity contribution in [2.24, 2.45) is 0 Å². The van der Waals surface area contributed by atoms with Gasteiger partial charge in [-0.15, -0.1) is 0 Å². The van der Waals surface area contributed by atoms with Crippen LogP contribution in [0.15, 0.2) is 55.4 Å². The predicted molar refractivity (Wildman–Crippen MR) is 92.2 cm³/mol. The third-order valence-electron chi connectivity index (χ3n) is 3.33. The standard InChI is InChI=1S/C18H20N4O2/c1-2-17(23)20-11-5-6-12-21-18(24)14-8-9-16(22-13-14)15-7-3-4-10-19-15/h2-4,7-10,13H,1,5-6,11-12H2,(H,20,23)(H,21,24). The second-order valence-electron chi connectivity index (χ2n) is 5.11. The third-order valence-corrected chi connectivity index (χ3v) is 3.33. The average Bonchev–Trinajstić information content (AvgIpc) is 2.65. The fourth-order valence-electron chi connectivity index (χ4n) is 2.03. The predicted octanol–water partition coefficient (Wildman–Crippen LogP) is 1.96. The molecule has 0 atom stereocenters. The van der Waals surface area contributed by atoms with Gasteiger partial charge in [-0.2, -0.15) is 0 Å². The van der Waals surface area contributed by atoms with Crippen molar-refractivity contribution in [3.63, 3.8) is 0 Å². The van der Waals surface area contributed by atoms with Gasteiger partial charge in [0.15, 0.2) is 0 Å². The number of amides is 2. The van der Waals surface area contributed by atoms with Crippen LogP contribution in [0.2, 0.25) is 0 Å². The monoisotopic (exact) mass is 324 g/mol. The lowest BCUT2D eigenvalue weighted by Crippen LogP contribution is -2.26. The van der Waals surface area contributed by atoms with Gasteiger partial charge < -0.3 is 10.6 Å².